The van der Waals surface area contributed by atoms with E-state index in [9.17, 15) is 0 Å². The minimum atomic E-state index is -0.120. The SMILES string of the molecule is CCNc1cc(Sc2nnc(C)o2)nc(C(C)(C)C)n1. The van der Waals surface area contributed by atoms with Crippen LogP contribution in [-0.4, -0.2) is 26.7 Å². The van der Waals surface area contributed by atoms with Crippen molar-refractivity contribution >= 4 is 17.6 Å². The van der Waals surface area contributed by atoms with Crippen LogP contribution in [0.15, 0.2) is 20.7 Å². The molecule has 2 rings (SSSR count). The Bertz CT molecular complexity index is 591. The van der Waals surface area contributed by atoms with Crippen LogP contribution in [-0.2, 0) is 5.41 Å². The maximum Gasteiger partial charge on any atom is 0.282 e. The lowest BCUT2D eigenvalue weighted by Gasteiger charge is -2.18. The Labute approximate surface area is 122 Å². The van der Waals surface area contributed by atoms with E-state index in [2.05, 4.69) is 46.3 Å². The van der Waals surface area contributed by atoms with Crippen LogP contribution in [0.2, 0.25) is 0 Å². The number of anilines is 1. The average molecular weight is 293 g/mol. The Morgan fingerprint density at radius 3 is 2.55 bits per heavy atom. The molecule has 7 heteroatoms. The maximum atomic E-state index is 5.37. The number of nitrogens with one attached hydrogen (secondary N) is 1. The molecule has 6 nitrogen and oxygen atoms in total. The second-order valence-corrected chi connectivity index (χ2v) is 6.36. The van der Waals surface area contributed by atoms with E-state index in [1.807, 2.05) is 13.0 Å². The van der Waals surface area contributed by atoms with Crippen molar-refractivity contribution in [2.24, 2.45) is 0 Å². The fourth-order valence-electron chi connectivity index (χ4n) is 1.49. The van der Waals surface area contributed by atoms with E-state index < -0.39 is 0 Å². The third kappa shape index (κ3) is 3.69. The first-order valence-corrected chi connectivity index (χ1v) is 7.31. The van der Waals surface area contributed by atoms with Gasteiger partial charge in [0.05, 0.1) is 0 Å². The van der Waals surface area contributed by atoms with E-state index in [1.165, 1.54) is 11.8 Å². The van der Waals surface area contributed by atoms with Gasteiger partial charge in [0, 0.05) is 24.9 Å². The lowest BCUT2D eigenvalue weighted by molar-refractivity contribution is 0.429. The zero-order valence-electron chi connectivity index (χ0n) is 12.4. The van der Waals surface area contributed by atoms with Crippen molar-refractivity contribution in [3.05, 3.63) is 17.8 Å². The summed E-state index contributed by atoms with van der Waals surface area (Å²) < 4.78 is 5.37. The molecule has 0 radical (unpaired) electrons. The minimum absolute atomic E-state index is 0.120. The molecule has 0 aliphatic carbocycles. The van der Waals surface area contributed by atoms with Gasteiger partial charge < -0.3 is 9.73 Å². The van der Waals surface area contributed by atoms with Crippen molar-refractivity contribution in [3.63, 3.8) is 0 Å². The van der Waals surface area contributed by atoms with Gasteiger partial charge in [-0.05, 0) is 18.7 Å². The summed E-state index contributed by atoms with van der Waals surface area (Å²) in [5.41, 5.74) is -0.120. The number of aryl methyl sites for hydroxylation is 1. The third-order valence-electron chi connectivity index (χ3n) is 2.43. The van der Waals surface area contributed by atoms with E-state index in [-0.39, 0.29) is 5.41 Å². The molecule has 0 saturated carbocycles. The van der Waals surface area contributed by atoms with Crippen molar-refractivity contribution in [2.45, 2.75) is 50.3 Å². The molecule has 0 atom stereocenters. The molecule has 1 N–H and O–H groups in total. The average Bonchev–Trinajstić information content (AvgIpc) is 2.74. The number of hydrogen-bond donors (Lipinski definition) is 1. The van der Waals surface area contributed by atoms with Gasteiger partial charge in [0.15, 0.2) is 0 Å². The number of hydrogen-bond acceptors (Lipinski definition) is 7. The monoisotopic (exact) mass is 293 g/mol. The van der Waals surface area contributed by atoms with Gasteiger partial charge in [-0.1, -0.05) is 20.8 Å². The lowest BCUT2D eigenvalue weighted by atomic mass is 9.96. The van der Waals surface area contributed by atoms with E-state index >= 15 is 0 Å². The summed E-state index contributed by atoms with van der Waals surface area (Å²) in [6.07, 6.45) is 0. The molecule has 2 aromatic heterocycles. The Morgan fingerprint density at radius 1 is 1.25 bits per heavy atom. The molecule has 2 aromatic rings. The summed E-state index contributed by atoms with van der Waals surface area (Å²) in [7, 11) is 0. The smallest absolute Gasteiger partial charge is 0.282 e. The molecule has 2 heterocycles. The molecule has 108 valence electrons. The number of nitrogens with zero attached hydrogens (tertiary/aromatic N) is 4. The standard InChI is InChI=1S/C13H19N5OS/c1-6-14-9-7-10(16-11(15-9)13(3,4)5)20-12-18-17-8(2)19-12/h7H,6H2,1-5H3,(H,14,15,16). The largest absolute Gasteiger partial charge is 0.416 e. The Balaban J connectivity index is 2.33. The van der Waals surface area contributed by atoms with E-state index in [1.54, 1.807) is 6.92 Å². The van der Waals surface area contributed by atoms with Crippen LogP contribution < -0.4 is 5.32 Å². The minimum Gasteiger partial charge on any atom is -0.416 e. The molecule has 0 fully saturated rings. The Kier molecular flexibility index (Phi) is 4.27. The van der Waals surface area contributed by atoms with E-state index in [4.69, 9.17) is 4.42 Å². The van der Waals surface area contributed by atoms with Crippen LogP contribution in [0.5, 0.6) is 0 Å². The zero-order valence-corrected chi connectivity index (χ0v) is 13.2. The van der Waals surface area contributed by atoms with Gasteiger partial charge in [-0.15, -0.1) is 10.2 Å². The summed E-state index contributed by atoms with van der Waals surface area (Å²) in [6.45, 7) is 10.9. The molecular weight excluding hydrogens is 274 g/mol. The molecule has 0 spiro atoms. The van der Waals surface area contributed by atoms with Crippen LogP contribution in [0.4, 0.5) is 5.82 Å². The molecule has 0 aromatic carbocycles. The highest BCUT2D eigenvalue weighted by Gasteiger charge is 2.20. The first kappa shape index (κ1) is 14.8. The maximum absolute atomic E-state index is 5.37. The van der Waals surface area contributed by atoms with Gasteiger partial charge in [-0.3, -0.25) is 0 Å². The molecule has 0 bridgehead atoms. The second-order valence-electron chi connectivity index (χ2n) is 5.38. The number of aromatic nitrogens is 4. The normalized spacial score (nSPS) is 11.7. The van der Waals surface area contributed by atoms with Crippen molar-refractivity contribution < 1.29 is 4.42 Å². The summed E-state index contributed by atoms with van der Waals surface area (Å²) in [4.78, 5) is 9.11. The molecule has 0 aliphatic heterocycles. The summed E-state index contributed by atoms with van der Waals surface area (Å²) in [6, 6.07) is 1.89. The van der Waals surface area contributed by atoms with Gasteiger partial charge in [-0.25, -0.2) is 9.97 Å². The Hall–Kier alpha value is -1.63. The van der Waals surface area contributed by atoms with Crippen molar-refractivity contribution in [1.82, 2.24) is 20.2 Å². The van der Waals surface area contributed by atoms with Gasteiger partial charge in [0.2, 0.25) is 5.89 Å². The van der Waals surface area contributed by atoms with Gasteiger partial charge in [-0.2, -0.15) is 0 Å². The van der Waals surface area contributed by atoms with Crippen LogP contribution in [0, 0.1) is 6.92 Å². The summed E-state index contributed by atoms with van der Waals surface area (Å²) in [5, 5.41) is 12.3. The molecule has 0 amide bonds. The van der Waals surface area contributed by atoms with Crippen molar-refractivity contribution in [2.75, 3.05) is 11.9 Å². The highest BCUT2D eigenvalue weighted by atomic mass is 32.2. The molecule has 0 unspecified atom stereocenters. The van der Waals surface area contributed by atoms with Crippen LogP contribution in [0.1, 0.15) is 39.4 Å². The molecule has 0 saturated heterocycles. The van der Waals surface area contributed by atoms with E-state index in [0.717, 1.165) is 23.2 Å². The van der Waals surface area contributed by atoms with Gasteiger partial charge in [0.25, 0.3) is 5.22 Å². The van der Waals surface area contributed by atoms with E-state index in [0.29, 0.717) is 11.1 Å². The van der Waals surface area contributed by atoms with Gasteiger partial charge in [0.1, 0.15) is 16.7 Å². The van der Waals surface area contributed by atoms with Crippen LogP contribution in [0.25, 0.3) is 0 Å². The third-order valence-corrected chi connectivity index (χ3v) is 3.19. The fourth-order valence-corrected chi connectivity index (χ4v) is 2.22. The summed E-state index contributed by atoms with van der Waals surface area (Å²) >= 11 is 1.35. The van der Waals surface area contributed by atoms with Crippen LogP contribution >= 0.6 is 11.8 Å². The molecular formula is C13H19N5OS. The molecule has 20 heavy (non-hydrogen) atoms. The number of rotatable bonds is 4. The first-order valence-electron chi connectivity index (χ1n) is 6.50. The van der Waals surface area contributed by atoms with Crippen LogP contribution in [0.3, 0.4) is 0 Å². The second kappa shape index (κ2) is 5.78. The first-order chi connectivity index (χ1) is 9.38. The molecule has 0 aliphatic rings. The lowest BCUT2D eigenvalue weighted by Crippen LogP contribution is -2.17. The summed E-state index contributed by atoms with van der Waals surface area (Å²) in [5.74, 6) is 2.14. The fraction of sp³-hybridized carbons (Fsp3) is 0.538. The van der Waals surface area contributed by atoms with Gasteiger partial charge >= 0.3 is 0 Å². The topological polar surface area (TPSA) is 76.7 Å². The highest BCUT2D eigenvalue weighted by molar-refractivity contribution is 7.99. The predicted molar refractivity (Wildman–Crippen MR) is 78.1 cm³/mol. The Morgan fingerprint density at radius 2 is 2.00 bits per heavy atom. The van der Waals surface area contributed by atoms with Crippen molar-refractivity contribution in [1.29, 1.82) is 0 Å². The predicted octanol–water partition coefficient (Wildman–Crippen LogP) is 3.05. The zero-order chi connectivity index (χ0) is 14.8. The quantitative estimate of drug-likeness (QED) is 0.868. The van der Waals surface area contributed by atoms with Crippen molar-refractivity contribution in [3.8, 4) is 0 Å². The highest BCUT2D eigenvalue weighted by Crippen LogP contribution is 2.29.